The maximum absolute atomic E-state index is 11.4. The zero-order chi connectivity index (χ0) is 11.9. The molecule has 0 saturated carbocycles. The van der Waals surface area contributed by atoms with E-state index in [4.69, 9.17) is 10.5 Å². The Morgan fingerprint density at radius 1 is 1.50 bits per heavy atom. The zero-order valence-electron chi connectivity index (χ0n) is 10.7. The van der Waals surface area contributed by atoms with Gasteiger partial charge in [0.25, 0.3) is 0 Å². The molecular formula is C11H25ClN2O2. The molecule has 0 aliphatic rings. The van der Waals surface area contributed by atoms with Crippen molar-refractivity contribution in [2.75, 3.05) is 13.7 Å². The number of hydrogen-bond acceptors (Lipinski definition) is 3. The lowest BCUT2D eigenvalue weighted by molar-refractivity contribution is -0.122. The topological polar surface area (TPSA) is 64.3 Å². The molecule has 16 heavy (non-hydrogen) atoms. The summed E-state index contributed by atoms with van der Waals surface area (Å²) in [6, 6.07) is 0.130. The average Bonchev–Trinajstić information content (AvgIpc) is 2.13. The highest BCUT2D eigenvalue weighted by molar-refractivity contribution is 5.85. The Bertz CT molecular complexity index is 198. The summed E-state index contributed by atoms with van der Waals surface area (Å²) in [5, 5.41) is 2.93. The summed E-state index contributed by atoms with van der Waals surface area (Å²) in [7, 11) is 1.68. The second-order valence-electron chi connectivity index (χ2n) is 4.53. The monoisotopic (exact) mass is 252 g/mol. The van der Waals surface area contributed by atoms with Gasteiger partial charge < -0.3 is 15.8 Å². The molecule has 0 fully saturated rings. The van der Waals surface area contributed by atoms with E-state index in [1.165, 1.54) is 0 Å². The lowest BCUT2D eigenvalue weighted by Crippen LogP contribution is -2.38. The second kappa shape index (κ2) is 8.79. The number of amides is 1. The minimum Gasteiger partial charge on any atom is -0.379 e. The van der Waals surface area contributed by atoms with E-state index in [0.29, 0.717) is 13.0 Å². The molecule has 0 aliphatic carbocycles. The lowest BCUT2D eigenvalue weighted by atomic mass is 10.00. The van der Waals surface area contributed by atoms with Crippen LogP contribution in [0.4, 0.5) is 0 Å². The summed E-state index contributed by atoms with van der Waals surface area (Å²) in [6.07, 6.45) is 2.05. The van der Waals surface area contributed by atoms with Crippen molar-refractivity contribution in [1.29, 1.82) is 0 Å². The van der Waals surface area contributed by atoms with Crippen molar-refractivity contribution >= 4 is 18.3 Å². The van der Waals surface area contributed by atoms with Gasteiger partial charge in [0.15, 0.2) is 0 Å². The molecule has 0 spiro atoms. The predicted octanol–water partition coefficient (Wildman–Crippen LogP) is 1.47. The van der Waals surface area contributed by atoms with Gasteiger partial charge in [-0.2, -0.15) is 0 Å². The van der Waals surface area contributed by atoms with Crippen molar-refractivity contribution in [2.45, 2.75) is 51.7 Å². The van der Waals surface area contributed by atoms with Crippen LogP contribution < -0.4 is 11.1 Å². The van der Waals surface area contributed by atoms with E-state index < -0.39 is 0 Å². The first-order valence-corrected chi connectivity index (χ1v) is 5.46. The molecule has 0 heterocycles. The van der Waals surface area contributed by atoms with Crippen LogP contribution in [0.25, 0.3) is 0 Å². The van der Waals surface area contributed by atoms with Crippen LogP contribution in [0.5, 0.6) is 0 Å². The minimum absolute atomic E-state index is 0. The van der Waals surface area contributed by atoms with Crippen LogP contribution in [0.3, 0.4) is 0 Å². The second-order valence-corrected chi connectivity index (χ2v) is 4.53. The molecule has 0 saturated heterocycles. The van der Waals surface area contributed by atoms with Crippen LogP contribution in [-0.2, 0) is 9.53 Å². The SMILES string of the molecule is COC(C)(C)CC(C)NC(=O)CCCN.Cl. The van der Waals surface area contributed by atoms with Gasteiger partial charge in [0.2, 0.25) is 5.91 Å². The molecule has 0 rings (SSSR count). The molecular weight excluding hydrogens is 228 g/mol. The summed E-state index contributed by atoms with van der Waals surface area (Å²) in [6.45, 7) is 6.57. The number of nitrogens with one attached hydrogen (secondary N) is 1. The Kier molecular flexibility index (Phi) is 9.92. The number of rotatable bonds is 7. The van der Waals surface area contributed by atoms with Crippen LogP contribution in [0.1, 0.15) is 40.0 Å². The summed E-state index contributed by atoms with van der Waals surface area (Å²) < 4.78 is 5.30. The first-order valence-electron chi connectivity index (χ1n) is 5.46. The van der Waals surface area contributed by atoms with Crippen molar-refractivity contribution in [3.63, 3.8) is 0 Å². The van der Waals surface area contributed by atoms with Gasteiger partial charge in [-0.1, -0.05) is 0 Å². The van der Waals surface area contributed by atoms with E-state index in [2.05, 4.69) is 5.32 Å². The average molecular weight is 253 g/mol. The van der Waals surface area contributed by atoms with Crippen LogP contribution in [0, 0.1) is 0 Å². The molecule has 98 valence electrons. The number of hydrogen-bond donors (Lipinski definition) is 2. The van der Waals surface area contributed by atoms with E-state index in [1.54, 1.807) is 7.11 Å². The van der Waals surface area contributed by atoms with E-state index in [0.717, 1.165) is 12.8 Å². The van der Waals surface area contributed by atoms with Crippen molar-refractivity contribution in [3.05, 3.63) is 0 Å². The van der Waals surface area contributed by atoms with Gasteiger partial charge in [-0.25, -0.2) is 0 Å². The van der Waals surface area contributed by atoms with Gasteiger partial charge in [0, 0.05) is 19.6 Å². The summed E-state index contributed by atoms with van der Waals surface area (Å²) in [5.74, 6) is 0.0693. The smallest absolute Gasteiger partial charge is 0.220 e. The van der Waals surface area contributed by atoms with Crippen molar-refractivity contribution in [2.24, 2.45) is 5.73 Å². The molecule has 0 aromatic rings. The maximum Gasteiger partial charge on any atom is 0.220 e. The molecule has 0 aromatic heterocycles. The van der Waals surface area contributed by atoms with Gasteiger partial charge in [-0.3, -0.25) is 4.79 Å². The van der Waals surface area contributed by atoms with Gasteiger partial charge in [-0.05, 0) is 40.2 Å². The Labute approximate surface area is 105 Å². The summed E-state index contributed by atoms with van der Waals surface area (Å²) >= 11 is 0. The van der Waals surface area contributed by atoms with Gasteiger partial charge >= 0.3 is 0 Å². The first-order chi connectivity index (χ1) is 6.91. The van der Waals surface area contributed by atoms with Crippen LogP contribution in [0.15, 0.2) is 0 Å². The number of halogens is 1. The highest BCUT2D eigenvalue weighted by atomic mass is 35.5. The zero-order valence-corrected chi connectivity index (χ0v) is 11.5. The molecule has 0 radical (unpaired) electrons. The summed E-state index contributed by atoms with van der Waals surface area (Å²) in [5.41, 5.74) is 5.14. The summed E-state index contributed by atoms with van der Waals surface area (Å²) in [4.78, 5) is 11.4. The molecule has 0 aromatic carbocycles. The number of carbonyl (C=O) groups excluding carboxylic acids is 1. The fourth-order valence-corrected chi connectivity index (χ4v) is 1.48. The van der Waals surface area contributed by atoms with Gasteiger partial charge in [-0.15, -0.1) is 12.4 Å². The van der Waals surface area contributed by atoms with Gasteiger partial charge in [0.1, 0.15) is 0 Å². The number of ether oxygens (including phenoxy) is 1. The fourth-order valence-electron chi connectivity index (χ4n) is 1.48. The molecule has 1 atom stereocenters. The molecule has 5 heteroatoms. The third-order valence-corrected chi connectivity index (χ3v) is 2.37. The molecule has 0 bridgehead atoms. The molecule has 4 nitrogen and oxygen atoms in total. The van der Waals surface area contributed by atoms with E-state index in [1.807, 2.05) is 20.8 Å². The number of methoxy groups -OCH3 is 1. The van der Waals surface area contributed by atoms with Crippen LogP contribution in [-0.4, -0.2) is 31.2 Å². The van der Waals surface area contributed by atoms with E-state index >= 15 is 0 Å². The lowest BCUT2D eigenvalue weighted by Gasteiger charge is -2.27. The Hall–Kier alpha value is -0.320. The number of nitrogens with two attached hydrogens (primary N) is 1. The first kappa shape index (κ1) is 18.1. The fraction of sp³-hybridized carbons (Fsp3) is 0.909. The molecule has 3 N–H and O–H groups in total. The van der Waals surface area contributed by atoms with Crippen LogP contribution >= 0.6 is 12.4 Å². The molecule has 1 amide bonds. The normalized spacial score (nSPS) is 12.8. The van der Waals surface area contributed by atoms with Crippen molar-refractivity contribution in [3.8, 4) is 0 Å². The Morgan fingerprint density at radius 2 is 2.06 bits per heavy atom. The van der Waals surface area contributed by atoms with Crippen LogP contribution in [0.2, 0.25) is 0 Å². The number of carbonyl (C=O) groups is 1. The third-order valence-electron chi connectivity index (χ3n) is 2.37. The molecule has 0 aliphatic heterocycles. The maximum atomic E-state index is 11.4. The van der Waals surface area contributed by atoms with Gasteiger partial charge in [0.05, 0.1) is 5.60 Å². The highest BCUT2D eigenvalue weighted by Gasteiger charge is 2.20. The quantitative estimate of drug-likeness (QED) is 0.721. The Balaban J connectivity index is 0. The van der Waals surface area contributed by atoms with Crippen molar-refractivity contribution in [1.82, 2.24) is 5.32 Å². The largest absolute Gasteiger partial charge is 0.379 e. The minimum atomic E-state index is -0.194. The third kappa shape index (κ3) is 8.95. The van der Waals surface area contributed by atoms with Crippen molar-refractivity contribution < 1.29 is 9.53 Å². The predicted molar refractivity (Wildman–Crippen MR) is 68.8 cm³/mol. The van der Waals surface area contributed by atoms with E-state index in [-0.39, 0.29) is 30.0 Å². The Morgan fingerprint density at radius 3 is 2.50 bits per heavy atom. The molecule has 1 unspecified atom stereocenters. The standard InChI is InChI=1S/C11H24N2O2.ClH/c1-9(8-11(2,3)15-4)13-10(14)6-5-7-12;/h9H,5-8,12H2,1-4H3,(H,13,14);1H. The highest BCUT2D eigenvalue weighted by Crippen LogP contribution is 2.15. The van der Waals surface area contributed by atoms with E-state index in [9.17, 15) is 4.79 Å².